The molecule has 160 valence electrons. The normalized spacial score (nSPS) is 16.0. The summed E-state index contributed by atoms with van der Waals surface area (Å²) in [6.45, 7) is 4.97. The summed E-state index contributed by atoms with van der Waals surface area (Å²) in [5, 5.41) is 6.40. The third kappa shape index (κ3) is 7.80. The van der Waals surface area contributed by atoms with E-state index in [1.54, 1.807) is 19.4 Å². The maximum atomic E-state index is 12.2. The molecule has 1 aliphatic carbocycles. The molecular formula is C18H32IN5O3S. The fraction of sp³-hybridized carbons (Fsp3) is 0.667. The third-order valence-electron chi connectivity index (χ3n) is 4.82. The van der Waals surface area contributed by atoms with Gasteiger partial charge in [-0.3, -0.25) is 9.98 Å². The number of hydrogen-bond acceptors (Lipinski definition) is 5. The van der Waals surface area contributed by atoms with Crippen LogP contribution < -0.4 is 15.4 Å². The Kier molecular flexibility index (Phi) is 11.2. The van der Waals surface area contributed by atoms with Crippen molar-refractivity contribution in [3.63, 3.8) is 0 Å². The maximum Gasteiger partial charge on any atom is 0.242 e. The summed E-state index contributed by atoms with van der Waals surface area (Å²) < 4.78 is 32.1. The van der Waals surface area contributed by atoms with Gasteiger partial charge in [-0.15, -0.1) is 24.0 Å². The minimum Gasteiger partial charge on any atom is -0.385 e. The summed E-state index contributed by atoms with van der Waals surface area (Å²) in [5.74, 6) is 0.710. The number of halogens is 1. The van der Waals surface area contributed by atoms with Crippen LogP contribution >= 0.6 is 24.0 Å². The lowest BCUT2D eigenvalue weighted by Crippen LogP contribution is -2.43. The summed E-state index contributed by atoms with van der Waals surface area (Å²) in [6, 6.07) is 3.12. The molecule has 1 aliphatic rings. The van der Waals surface area contributed by atoms with Gasteiger partial charge in [-0.2, -0.15) is 0 Å². The summed E-state index contributed by atoms with van der Waals surface area (Å²) in [7, 11) is -1.81. The first-order valence-electron chi connectivity index (χ1n) is 9.42. The molecular weight excluding hydrogens is 493 g/mol. The molecule has 28 heavy (non-hydrogen) atoms. The van der Waals surface area contributed by atoms with Crippen molar-refractivity contribution in [1.29, 1.82) is 0 Å². The number of hydrogen-bond donors (Lipinski definition) is 3. The van der Waals surface area contributed by atoms with Crippen LogP contribution in [0.3, 0.4) is 0 Å². The van der Waals surface area contributed by atoms with Crippen LogP contribution in [0.5, 0.6) is 0 Å². The summed E-state index contributed by atoms with van der Waals surface area (Å²) >= 11 is 0. The fourth-order valence-corrected chi connectivity index (χ4v) is 4.02. The molecule has 1 aromatic rings. The molecule has 0 aliphatic heterocycles. The molecule has 1 aromatic heterocycles. The van der Waals surface area contributed by atoms with Gasteiger partial charge in [0, 0.05) is 52.3 Å². The third-order valence-corrected chi connectivity index (χ3v) is 6.27. The van der Waals surface area contributed by atoms with Crippen LogP contribution in [-0.4, -0.2) is 59.3 Å². The summed E-state index contributed by atoms with van der Waals surface area (Å²) in [6.07, 6.45) is 7.52. The molecule has 0 aromatic carbocycles. The van der Waals surface area contributed by atoms with Crippen LogP contribution in [0, 0.1) is 5.41 Å². The monoisotopic (exact) mass is 525 g/mol. The van der Waals surface area contributed by atoms with E-state index in [4.69, 9.17) is 9.73 Å². The second-order valence-electron chi connectivity index (χ2n) is 6.80. The van der Waals surface area contributed by atoms with E-state index < -0.39 is 10.0 Å². The van der Waals surface area contributed by atoms with E-state index in [2.05, 4.69) is 20.3 Å². The van der Waals surface area contributed by atoms with Gasteiger partial charge in [0.1, 0.15) is 4.90 Å². The Morgan fingerprint density at radius 3 is 2.68 bits per heavy atom. The van der Waals surface area contributed by atoms with Crippen molar-refractivity contribution in [3.8, 4) is 0 Å². The highest BCUT2D eigenvalue weighted by Crippen LogP contribution is 2.44. The van der Waals surface area contributed by atoms with Crippen molar-refractivity contribution in [2.45, 2.75) is 37.5 Å². The Labute approximate surface area is 185 Å². The highest BCUT2D eigenvalue weighted by Gasteiger charge is 2.36. The van der Waals surface area contributed by atoms with Crippen molar-refractivity contribution in [3.05, 3.63) is 24.5 Å². The number of ether oxygens (including phenoxy) is 1. The lowest BCUT2D eigenvalue weighted by atomic mass is 9.67. The lowest BCUT2D eigenvalue weighted by Gasteiger charge is -2.40. The largest absolute Gasteiger partial charge is 0.385 e. The van der Waals surface area contributed by atoms with E-state index in [0.717, 1.165) is 26.1 Å². The number of pyridine rings is 1. The Morgan fingerprint density at radius 2 is 2.11 bits per heavy atom. The predicted octanol–water partition coefficient (Wildman–Crippen LogP) is 1.74. The molecule has 10 heteroatoms. The Balaban J connectivity index is 0.00000392. The zero-order chi connectivity index (χ0) is 19.6. The molecule has 0 atom stereocenters. The first kappa shape index (κ1) is 25.1. The molecule has 0 spiro atoms. The molecule has 0 amide bonds. The van der Waals surface area contributed by atoms with Crippen LogP contribution in [0.4, 0.5) is 0 Å². The highest BCUT2D eigenvalue weighted by atomic mass is 127. The van der Waals surface area contributed by atoms with Gasteiger partial charge in [0.05, 0.1) is 0 Å². The smallest absolute Gasteiger partial charge is 0.242 e. The second-order valence-corrected chi connectivity index (χ2v) is 8.57. The van der Waals surface area contributed by atoms with E-state index in [9.17, 15) is 8.42 Å². The maximum absolute atomic E-state index is 12.2. The molecule has 1 fully saturated rings. The molecule has 0 unspecified atom stereocenters. The Morgan fingerprint density at radius 1 is 1.32 bits per heavy atom. The van der Waals surface area contributed by atoms with Crippen molar-refractivity contribution in [2.24, 2.45) is 10.4 Å². The van der Waals surface area contributed by atoms with Gasteiger partial charge in [0.2, 0.25) is 10.0 Å². The second kappa shape index (κ2) is 12.6. The molecule has 1 heterocycles. The van der Waals surface area contributed by atoms with E-state index in [1.165, 1.54) is 31.5 Å². The van der Waals surface area contributed by atoms with Crippen LogP contribution in [0.2, 0.25) is 0 Å². The fourth-order valence-electron chi connectivity index (χ4n) is 3.03. The van der Waals surface area contributed by atoms with Crippen LogP contribution in [0.25, 0.3) is 0 Å². The number of guanidine groups is 1. The van der Waals surface area contributed by atoms with Gasteiger partial charge < -0.3 is 15.4 Å². The lowest BCUT2D eigenvalue weighted by molar-refractivity contribution is 0.0778. The number of nitrogens with zero attached hydrogens (tertiary/aromatic N) is 2. The van der Waals surface area contributed by atoms with Gasteiger partial charge in [0.25, 0.3) is 0 Å². The molecule has 2 rings (SSSR count). The average Bonchev–Trinajstić information content (AvgIpc) is 2.64. The Bertz CT molecular complexity index is 696. The summed E-state index contributed by atoms with van der Waals surface area (Å²) in [4.78, 5) is 8.71. The van der Waals surface area contributed by atoms with E-state index in [-0.39, 0.29) is 40.8 Å². The van der Waals surface area contributed by atoms with E-state index in [1.807, 2.05) is 6.92 Å². The highest BCUT2D eigenvalue weighted by molar-refractivity contribution is 14.0. The van der Waals surface area contributed by atoms with Crippen LogP contribution in [-0.2, 0) is 14.8 Å². The minimum absolute atomic E-state index is 0. The van der Waals surface area contributed by atoms with Gasteiger partial charge in [-0.1, -0.05) is 6.42 Å². The molecule has 0 bridgehead atoms. The summed E-state index contributed by atoms with van der Waals surface area (Å²) in [5.41, 5.74) is 0.250. The van der Waals surface area contributed by atoms with Crippen molar-refractivity contribution in [1.82, 2.24) is 20.3 Å². The van der Waals surface area contributed by atoms with Crippen molar-refractivity contribution in [2.75, 3.05) is 39.9 Å². The molecule has 0 saturated heterocycles. The standard InChI is InChI=1S/C18H31N5O3S.HI/c1-3-20-17(22-15-18(7-5-8-18)9-13-26-2)21-11-12-23-27(24,25)16-6-4-10-19-14-16;/h4,6,10,14,23H,3,5,7-9,11-13,15H2,1-2H3,(H2,20,21,22);1H. The first-order chi connectivity index (χ1) is 13.0. The quantitative estimate of drug-likeness (QED) is 0.176. The van der Waals surface area contributed by atoms with Crippen LogP contribution in [0.1, 0.15) is 32.6 Å². The predicted molar refractivity (Wildman–Crippen MR) is 122 cm³/mol. The number of rotatable bonds is 11. The zero-order valence-electron chi connectivity index (χ0n) is 16.6. The Hall–Kier alpha value is -0.980. The van der Waals surface area contributed by atoms with Gasteiger partial charge in [0.15, 0.2) is 5.96 Å². The van der Waals surface area contributed by atoms with E-state index in [0.29, 0.717) is 12.5 Å². The van der Waals surface area contributed by atoms with E-state index >= 15 is 0 Å². The van der Waals surface area contributed by atoms with Crippen LogP contribution in [0.15, 0.2) is 34.4 Å². The first-order valence-corrected chi connectivity index (χ1v) is 10.9. The molecule has 3 N–H and O–H groups in total. The van der Waals surface area contributed by atoms with Crippen molar-refractivity contribution < 1.29 is 13.2 Å². The number of aromatic nitrogens is 1. The van der Waals surface area contributed by atoms with Gasteiger partial charge in [-0.25, -0.2) is 13.1 Å². The van der Waals surface area contributed by atoms with Gasteiger partial charge >= 0.3 is 0 Å². The number of nitrogens with one attached hydrogen (secondary N) is 3. The number of methoxy groups -OCH3 is 1. The van der Waals surface area contributed by atoms with Crippen molar-refractivity contribution >= 4 is 40.0 Å². The molecule has 0 radical (unpaired) electrons. The molecule has 8 nitrogen and oxygen atoms in total. The topological polar surface area (TPSA) is 105 Å². The zero-order valence-corrected chi connectivity index (χ0v) is 19.8. The SMILES string of the molecule is CCNC(=NCC1(CCOC)CCC1)NCCNS(=O)(=O)c1cccnc1.I. The number of aliphatic imine (C=N–C) groups is 1. The molecule has 1 saturated carbocycles. The minimum atomic E-state index is -3.54. The number of sulfonamides is 1. The average molecular weight is 525 g/mol. The van der Waals surface area contributed by atoms with Gasteiger partial charge in [-0.05, 0) is 43.7 Å².